The van der Waals surface area contributed by atoms with Crippen molar-refractivity contribution in [1.29, 1.82) is 0 Å². The van der Waals surface area contributed by atoms with E-state index in [4.69, 9.17) is 8.94 Å². The van der Waals surface area contributed by atoms with Crippen molar-refractivity contribution in [1.82, 2.24) is 15.0 Å². The van der Waals surface area contributed by atoms with Gasteiger partial charge in [0.1, 0.15) is 5.76 Å². The normalized spacial score (nSPS) is 13.9. The Labute approximate surface area is 127 Å². The molecule has 0 bridgehead atoms. The first kappa shape index (κ1) is 15.3. The van der Waals surface area contributed by atoms with Gasteiger partial charge in [-0.05, 0) is 42.0 Å². The van der Waals surface area contributed by atoms with E-state index in [-0.39, 0.29) is 11.5 Å². The summed E-state index contributed by atoms with van der Waals surface area (Å²) in [4.78, 5) is 6.59. The second-order valence-electron chi connectivity index (χ2n) is 6.00. The number of nitrogens with zero attached hydrogens (tertiary/aromatic N) is 3. The predicted octanol–water partition coefficient (Wildman–Crippen LogP) is 3.92. The lowest BCUT2D eigenvalue weighted by Crippen LogP contribution is -2.22. The first-order valence-corrected chi connectivity index (χ1v) is 7.35. The van der Waals surface area contributed by atoms with Crippen molar-refractivity contribution >= 4 is 15.9 Å². The molecule has 0 amide bonds. The molecule has 0 spiro atoms. The van der Waals surface area contributed by atoms with E-state index in [1.807, 2.05) is 26.1 Å². The van der Waals surface area contributed by atoms with Gasteiger partial charge in [0, 0.05) is 5.41 Å². The van der Waals surface area contributed by atoms with Gasteiger partial charge in [-0.2, -0.15) is 4.98 Å². The summed E-state index contributed by atoms with van der Waals surface area (Å²) in [5.41, 5.74) is -0.105. The molecule has 2 rings (SSSR count). The Bertz CT molecular complexity index is 571. The SMILES string of the molecule is C[C@H](c1nc(C(C)(C)C)no1)N(C)Cc1ccc(Br)o1. The minimum absolute atomic E-state index is 0.0301. The van der Waals surface area contributed by atoms with Crippen LogP contribution in [0.3, 0.4) is 0 Å². The van der Waals surface area contributed by atoms with Crippen LogP contribution in [0.1, 0.15) is 51.2 Å². The minimum Gasteiger partial charge on any atom is -0.453 e. The van der Waals surface area contributed by atoms with Crippen LogP contribution in [0.25, 0.3) is 0 Å². The third kappa shape index (κ3) is 3.49. The van der Waals surface area contributed by atoms with Crippen molar-refractivity contribution in [2.75, 3.05) is 7.05 Å². The van der Waals surface area contributed by atoms with E-state index in [1.165, 1.54) is 0 Å². The Balaban J connectivity index is 2.06. The third-order valence-corrected chi connectivity index (χ3v) is 3.59. The molecule has 110 valence electrons. The molecule has 0 N–H and O–H groups in total. The molecule has 0 unspecified atom stereocenters. The Morgan fingerprint density at radius 2 is 2.05 bits per heavy atom. The summed E-state index contributed by atoms with van der Waals surface area (Å²) in [6, 6.07) is 3.86. The predicted molar refractivity (Wildman–Crippen MR) is 79.3 cm³/mol. The Kier molecular flexibility index (Phi) is 4.34. The molecule has 0 radical (unpaired) electrons. The van der Waals surface area contributed by atoms with E-state index in [2.05, 4.69) is 51.7 Å². The monoisotopic (exact) mass is 341 g/mol. The molecule has 0 aliphatic carbocycles. The molecule has 2 heterocycles. The zero-order valence-corrected chi connectivity index (χ0v) is 14.1. The minimum atomic E-state index is -0.105. The molecule has 0 saturated carbocycles. The number of halogens is 1. The van der Waals surface area contributed by atoms with Gasteiger partial charge in [0.05, 0.1) is 12.6 Å². The van der Waals surface area contributed by atoms with E-state index < -0.39 is 0 Å². The van der Waals surface area contributed by atoms with E-state index in [0.29, 0.717) is 12.4 Å². The van der Waals surface area contributed by atoms with Crippen molar-refractivity contribution in [3.05, 3.63) is 34.3 Å². The molecule has 0 aliphatic heterocycles. The van der Waals surface area contributed by atoms with Crippen LogP contribution in [0.5, 0.6) is 0 Å². The summed E-state index contributed by atoms with van der Waals surface area (Å²) >= 11 is 3.30. The Hall–Kier alpha value is -1.14. The highest BCUT2D eigenvalue weighted by atomic mass is 79.9. The number of rotatable bonds is 4. The fourth-order valence-electron chi connectivity index (χ4n) is 1.72. The van der Waals surface area contributed by atoms with Crippen LogP contribution in [0.15, 0.2) is 25.7 Å². The molecule has 0 aliphatic rings. The fourth-order valence-corrected chi connectivity index (χ4v) is 2.06. The van der Waals surface area contributed by atoms with Crippen molar-refractivity contribution in [2.24, 2.45) is 0 Å². The summed E-state index contributed by atoms with van der Waals surface area (Å²) < 4.78 is 11.6. The fraction of sp³-hybridized carbons (Fsp3) is 0.571. The van der Waals surface area contributed by atoms with E-state index in [0.717, 1.165) is 16.3 Å². The summed E-state index contributed by atoms with van der Waals surface area (Å²) in [5, 5.41) is 4.06. The standard InChI is InChI=1S/C14H20BrN3O2/c1-9(12-16-13(17-20-12)14(2,3)4)18(5)8-10-6-7-11(15)19-10/h6-7,9H,8H2,1-5H3/t9-/m1/s1. The second-order valence-corrected chi connectivity index (χ2v) is 6.78. The Morgan fingerprint density at radius 1 is 1.35 bits per heavy atom. The van der Waals surface area contributed by atoms with Crippen molar-refractivity contribution in [3.63, 3.8) is 0 Å². The summed E-state index contributed by atoms with van der Waals surface area (Å²) in [6.07, 6.45) is 0. The van der Waals surface area contributed by atoms with Gasteiger partial charge in [-0.1, -0.05) is 25.9 Å². The van der Waals surface area contributed by atoms with Gasteiger partial charge in [-0.15, -0.1) is 0 Å². The van der Waals surface area contributed by atoms with E-state index >= 15 is 0 Å². The van der Waals surface area contributed by atoms with Crippen molar-refractivity contribution in [3.8, 4) is 0 Å². The lowest BCUT2D eigenvalue weighted by molar-refractivity contribution is 0.189. The van der Waals surface area contributed by atoms with Gasteiger partial charge < -0.3 is 8.94 Å². The highest BCUT2D eigenvalue weighted by Crippen LogP contribution is 2.24. The van der Waals surface area contributed by atoms with Gasteiger partial charge in [-0.3, -0.25) is 4.90 Å². The third-order valence-electron chi connectivity index (χ3n) is 3.17. The highest BCUT2D eigenvalue weighted by Gasteiger charge is 2.25. The van der Waals surface area contributed by atoms with Gasteiger partial charge in [-0.25, -0.2) is 0 Å². The molecule has 1 atom stereocenters. The molecule has 2 aromatic rings. The van der Waals surface area contributed by atoms with Crippen LogP contribution in [0.2, 0.25) is 0 Å². The number of hydrogen-bond donors (Lipinski definition) is 0. The molecule has 20 heavy (non-hydrogen) atoms. The quantitative estimate of drug-likeness (QED) is 0.843. The molecular weight excluding hydrogens is 322 g/mol. The van der Waals surface area contributed by atoms with Gasteiger partial charge in [0.25, 0.3) is 0 Å². The number of aromatic nitrogens is 2. The van der Waals surface area contributed by atoms with Crippen molar-refractivity contribution in [2.45, 2.75) is 45.7 Å². The largest absolute Gasteiger partial charge is 0.453 e. The van der Waals surface area contributed by atoms with Crippen LogP contribution in [-0.4, -0.2) is 22.1 Å². The van der Waals surface area contributed by atoms with Crippen molar-refractivity contribution < 1.29 is 8.94 Å². The number of furan rings is 1. The molecule has 0 fully saturated rings. The maximum atomic E-state index is 5.51. The first-order valence-electron chi connectivity index (χ1n) is 6.56. The topological polar surface area (TPSA) is 55.3 Å². The lowest BCUT2D eigenvalue weighted by atomic mass is 9.96. The van der Waals surface area contributed by atoms with Crippen LogP contribution in [-0.2, 0) is 12.0 Å². The summed E-state index contributed by atoms with van der Waals surface area (Å²) in [6.45, 7) is 8.92. The van der Waals surface area contributed by atoms with Gasteiger partial charge in [0.15, 0.2) is 10.5 Å². The van der Waals surface area contributed by atoms with Crippen LogP contribution >= 0.6 is 15.9 Å². The van der Waals surface area contributed by atoms with E-state index in [9.17, 15) is 0 Å². The molecule has 2 aromatic heterocycles. The smallest absolute Gasteiger partial charge is 0.243 e. The Morgan fingerprint density at radius 3 is 2.55 bits per heavy atom. The lowest BCUT2D eigenvalue weighted by Gasteiger charge is -2.20. The molecular formula is C14H20BrN3O2. The average Bonchev–Trinajstić information content (AvgIpc) is 2.96. The van der Waals surface area contributed by atoms with Crippen LogP contribution < -0.4 is 0 Å². The summed E-state index contributed by atoms with van der Waals surface area (Å²) in [7, 11) is 2.00. The molecule has 0 saturated heterocycles. The number of hydrogen-bond acceptors (Lipinski definition) is 5. The maximum Gasteiger partial charge on any atom is 0.243 e. The molecule has 0 aromatic carbocycles. The first-order chi connectivity index (χ1) is 9.27. The van der Waals surface area contributed by atoms with E-state index in [1.54, 1.807) is 0 Å². The zero-order chi connectivity index (χ0) is 14.9. The second kappa shape index (κ2) is 5.69. The molecule has 5 nitrogen and oxygen atoms in total. The average molecular weight is 342 g/mol. The zero-order valence-electron chi connectivity index (χ0n) is 12.5. The van der Waals surface area contributed by atoms with Crippen LogP contribution in [0, 0.1) is 0 Å². The van der Waals surface area contributed by atoms with Gasteiger partial charge in [0.2, 0.25) is 5.89 Å². The van der Waals surface area contributed by atoms with Crippen LogP contribution in [0.4, 0.5) is 0 Å². The summed E-state index contributed by atoms with van der Waals surface area (Å²) in [5.74, 6) is 2.25. The molecule has 6 heteroatoms. The maximum absolute atomic E-state index is 5.51. The van der Waals surface area contributed by atoms with Gasteiger partial charge >= 0.3 is 0 Å². The highest BCUT2D eigenvalue weighted by molar-refractivity contribution is 9.10.